The lowest BCUT2D eigenvalue weighted by Crippen LogP contribution is -2.05. The molecular weight excluding hydrogens is 274 g/mol. The van der Waals surface area contributed by atoms with E-state index in [1.807, 2.05) is 67.6 Å². The Kier molecular flexibility index (Phi) is 3.56. The molecule has 0 saturated heterocycles. The molecule has 2 heterocycles. The van der Waals surface area contributed by atoms with Crippen molar-refractivity contribution in [1.82, 2.24) is 9.38 Å². The van der Waals surface area contributed by atoms with Crippen LogP contribution in [0.25, 0.3) is 16.9 Å². The molecule has 0 amide bonds. The van der Waals surface area contributed by atoms with Gasteiger partial charge < -0.3 is 4.74 Å². The number of imidazole rings is 1. The Bertz CT molecular complexity index is 854. The van der Waals surface area contributed by atoms with E-state index >= 15 is 0 Å². The fourth-order valence-electron chi connectivity index (χ4n) is 2.52. The van der Waals surface area contributed by atoms with Crippen LogP contribution in [0, 0.1) is 18.3 Å². The van der Waals surface area contributed by atoms with E-state index < -0.39 is 0 Å². The Morgan fingerprint density at radius 3 is 2.50 bits per heavy atom. The number of rotatable bonds is 3. The number of aromatic nitrogens is 2. The predicted molar refractivity (Wildman–Crippen MR) is 85.8 cm³/mol. The third kappa shape index (κ3) is 2.42. The highest BCUT2D eigenvalue weighted by atomic mass is 16.5. The standard InChI is InChI=1S/C18H17N3O/c1-12(2)22-15-9-7-14(8-10-15)18-16(11-19)21-13(3)5-4-6-17(21)20-18/h4-10,12H,1-3H3. The number of hydrogen-bond acceptors (Lipinski definition) is 3. The fourth-order valence-corrected chi connectivity index (χ4v) is 2.52. The molecule has 0 fully saturated rings. The van der Waals surface area contributed by atoms with Crippen LogP contribution < -0.4 is 4.74 Å². The van der Waals surface area contributed by atoms with Crippen LogP contribution in [0.2, 0.25) is 0 Å². The molecule has 3 rings (SSSR count). The highest BCUT2D eigenvalue weighted by Crippen LogP contribution is 2.27. The normalized spacial score (nSPS) is 10.9. The van der Waals surface area contributed by atoms with E-state index in [0.29, 0.717) is 11.4 Å². The zero-order valence-electron chi connectivity index (χ0n) is 12.9. The Labute approximate surface area is 129 Å². The second-order valence-corrected chi connectivity index (χ2v) is 5.47. The monoisotopic (exact) mass is 291 g/mol. The quantitative estimate of drug-likeness (QED) is 0.733. The van der Waals surface area contributed by atoms with Crippen LogP contribution in [-0.4, -0.2) is 15.5 Å². The molecule has 0 aliphatic rings. The van der Waals surface area contributed by atoms with Gasteiger partial charge in [0.15, 0.2) is 5.69 Å². The number of nitrogens with zero attached hydrogens (tertiary/aromatic N) is 3. The Hall–Kier alpha value is -2.80. The molecule has 0 radical (unpaired) electrons. The highest BCUT2D eigenvalue weighted by Gasteiger charge is 2.14. The Morgan fingerprint density at radius 2 is 1.86 bits per heavy atom. The summed E-state index contributed by atoms with van der Waals surface area (Å²) < 4.78 is 7.53. The first kappa shape index (κ1) is 14.2. The third-order valence-electron chi connectivity index (χ3n) is 3.44. The van der Waals surface area contributed by atoms with Crippen molar-refractivity contribution in [2.75, 3.05) is 0 Å². The molecule has 4 heteroatoms. The van der Waals surface area contributed by atoms with E-state index in [0.717, 1.165) is 22.7 Å². The van der Waals surface area contributed by atoms with Crippen molar-refractivity contribution in [2.24, 2.45) is 0 Å². The zero-order valence-corrected chi connectivity index (χ0v) is 12.9. The van der Waals surface area contributed by atoms with Gasteiger partial charge in [-0.1, -0.05) is 6.07 Å². The van der Waals surface area contributed by atoms with Crippen molar-refractivity contribution in [3.8, 4) is 23.1 Å². The molecule has 0 aliphatic carbocycles. The summed E-state index contributed by atoms with van der Waals surface area (Å²) in [6, 6.07) is 15.8. The second-order valence-electron chi connectivity index (χ2n) is 5.47. The average Bonchev–Trinajstić information content (AvgIpc) is 2.87. The summed E-state index contributed by atoms with van der Waals surface area (Å²) in [5.41, 5.74) is 3.95. The van der Waals surface area contributed by atoms with Gasteiger partial charge in [-0.25, -0.2) is 4.98 Å². The topological polar surface area (TPSA) is 50.3 Å². The first-order valence-corrected chi connectivity index (χ1v) is 7.25. The molecule has 0 bridgehead atoms. The molecule has 3 aromatic rings. The van der Waals surface area contributed by atoms with E-state index in [1.165, 1.54) is 0 Å². The molecule has 110 valence electrons. The number of pyridine rings is 1. The molecule has 0 N–H and O–H groups in total. The summed E-state index contributed by atoms with van der Waals surface area (Å²) in [5.74, 6) is 0.817. The van der Waals surface area contributed by atoms with Gasteiger partial charge in [0.2, 0.25) is 0 Å². The maximum Gasteiger partial charge on any atom is 0.152 e. The van der Waals surface area contributed by atoms with E-state index in [4.69, 9.17) is 4.74 Å². The highest BCUT2D eigenvalue weighted by molar-refractivity contribution is 5.70. The van der Waals surface area contributed by atoms with Crippen LogP contribution in [-0.2, 0) is 0 Å². The smallest absolute Gasteiger partial charge is 0.152 e. The predicted octanol–water partition coefficient (Wildman–Crippen LogP) is 3.97. The van der Waals surface area contributed by atoms with E-state index in [2.05, 4.69) is 11.1 Å². The van der Waals surface area contributed by atoms with Crippen LogP contribution >= 0.6 is 0 Å². The van der Waals surface area contributed by atoms with Gasteiger partial charge >= 0.3 is 0 Å². The lowest BCUT2D eigenvalue weighted by atomic mass is 10.1. The van der Waals surface area contributed by atoms with Gasteiger partial charge in [0.05, 0.1) is 6.10 Å². The minimum Gasteiger partial charge on any atom is -0.491 e. The van der Waals surface area contributed by atoms with Gasteiger partial charge in [0.25, 0.3) is 0 Å². The van der Waals surface area contributed by atoms with Crippen molar-refractivity contribution in [3.63, 3.8) is 0 Å². The number of nitriles is 1. The first-order valence-electron chi connectivity index (χ1n) is 7.25. The van der Waals surface area contributed by atoms with Gasteiger partial charge in [0.1, 0.15) is 23.2 Å². The molecule has 0 aliphatic heterocycles. The maximum absolute atomic E-state index is 9.53. The number of benzene rings is 1. The van der Waals surface area contributed by atoms with Crippen LogP contribution in [0.4, 0.5) is 0 Å². The fraction of sp³-hybridized carbons (Fsp3) is 0.222. The average molecular weight is 291 g/mol. The van der Waals surface area contributed by atoms with E-state index in [-0.39, 0.29) is 6.10 Å². The van der Waals surface area contributed by atoms with Crippen molar-refractivity contribution in [3.05, 3.63) is 53.9 Å². The molecule has 0 saturated carbocycles. The van der Waals surface area contributed by atoms with Gasteiger partial charge in [0, 0.05) is 11.3 Å². The first-order chi connectivity index (χ1) is 10.6. The summed E-state index contributed by atoms with van der Waals surface area (Å²) in [6.45, 7) is 5.96. The summed E-state index contributed by atoms with van der Waals surface area (Å²) in [5, 5.41) is 9.53. The van der Waals surface area contributed by atoms with Crippen LogP contribution in [0.3, 0.4) is 0 Å². The largest absolute Gasteiger partial charge is 0.491 e. The van der Waals surface area contributed by atoms with Crippen LogP contribution in [0.15, 0.2) is 42.5 Å². The lowest BCUT2D eigenvalue weighted by molar-refractivity contribution is 0.242. The summed E-state index contributed by atoms with van der Waals surface area (Å²) >= 11 is 0. The molecule has 0 spiro atoms. The minimum absolute atomic E-state index is 0.137. The van der Waals surface area contributed by atoms with Crippen molar-refractivity contribution >= 4 is 5.65 Å². The zero-order chi connectivity index (χ0) is 15.7. The number of aryl methyl sites for hydroxylation is 1. The van der Waals surface area contributed by atoms with Gasteiger partial charge in [-0.2, -0.15) is 5.26 Å². The van der Waals surface area contributed by atoms with E-state index in [9.17, 15) is 5.26 Å². The number of hydrogen-bond donors (Lipinski definition) is 0. The third-order valence-corrected chi connectivity index (χ3v) is 3.44. The summed E-state index contributed by atoms with van der Waals surface area (Å²) in [4.78, 5) is 4.60. The van der Waals surface area contributed by atoms with Crippen molar-refractivity contribution in [2.45, 2.75) is 26.9 Å². The molecule has 0 unspecified atom stereocenters. The molecule has 4 nitrogen and oxygen atoms in total. The molecule has 22 heavy (non-hydrogen) atoms. The van der Waals surface area contributed by atoms with E-state index in [1.54, 1.807) is 0 Å². The van der Waals surface area contributed by atoms with Crippen molar-refractivity contribution in [1.29, 1.82) is 5.26 Å². The number of fused-ring (bicyclic) bond motifs is 1. The molecule has 2 aromatic heterocycles. The van der Waals surface area contributed by atoms with Gasteiger partial charge in [-0.15, -0.1) is 0 Å². The van der Waals surface area contributed by atoms with Crippen LogP contribution in [0.1, 0.15) is 25.2 Å². The Morgan fingerprint density at radius 1 is 1.14 bits per heavy atom. The van der Waals surface area contributed by atoms with Gasteiger partial charge in [-0.3, -0.25) is 4.40 Å². The summed E-state index contributed by atoms with van der Waals surface area (Å²) in [6.07, 6.45) is 0.137. The lowest BCUT2D eigenvalue weighted by Gasteiger charge is -2.09. The van der Waals surface area contributed by atoms with Gasteiger partial charge in [-0.05, 0) is 57.2 Å². The minimum atomic E-state index is 0.137. The molecular formula is C18H17N3O. The van der Waals surface area contributed by atoms with Crippen molar-refractivity contribution < 1.29 is 4.74 Å². The number of ether oxygens (including phenoxy) is 1. The second kappa shape index (κ2) is 5.53. The molecule has 0 atom stereocenters. The van der Waals surface area contributed by atoms with Crippen LogP contribution in [0.5, 0.6) is 5.75 Å². The summed E-state index contributed by atoms with van der Waals surface area (Å²) in [7, 11) is 0. The SMILES string of the molecule is Cc1cccc2nc(-c3ccc(OC(C)C)cc3)c(C#N)n12. The maximum atomic E-state index is 9.53. The Balaban J connectivity index is 2.10. The molecule has 1 aromatic carbocycles.